The summed E-state index contributed by atoms with van der Waals surface area (Å²) in [6.45, 7) is 8.45. The number of nitrogens with two attached hydrogens (primary N) is 1. The summed E-state index contributed by atoms with van der Waals surface area (Å²) >= 11 is 0. The third kappa shape index (κ3) is 3.96. The van der Waals surface area contributed by atoms with Crippen LogP contribution < -0.4 is 10.6 Å². The van der Waals surface area contributed by atoms with Crippen LogP contribution in [0, 0.1) is 12.8 Å². The second kappa shape index (κ2) is 6.57. The summed E-state index contributed by atoms with van der Waals surface area (Å²) in [5, 5.41) is 9.58. The standard InChI is InChI=1S/C15H24N2O2/c1-5-17(15(19)13(16)8-10(2)3)14-9-12(18)7-6-11(14)4/h6-7,9-10,13,18H,5,8,16H2,1-4H3/t13-/m0/s1. The molecule has 0 aliphatic heterocycles. The Morgan fingerprint density at radius 2 is 2.05 bits per heavy atom. The first-order chi connectivity index (χ1) is 8.86. The van der Waals surface area contributed by atoms with Gasteiger partial charge in [-0.25, -0.2) is 0 Å². The zero-order chi connectivity index (χ0) is 14.6. The van der Waals surface area contributed by atoms with Gasteiger partial charge in [-0.05, 0) is 37.8 Å². The van der Waals surface area contributed by atoms with Gasteiger partial charge in [-0.1, -0.05) is 19.9 Å². The number of hydrogen-bond acceptors (Lipinski definition) is 3. The maximum Gasteiger partial charge on any atom is 0.243 e. The van der Waals surface area contributed by atoms with E-state index < -0.39 is 6.04 Å². The van der Waals surface area contributed by atoms with Crippen LogP contribution in [-0.4, -0.2) is 23.6 Å². The summed E-state index contributed by atoms with van der Waals surface area (Å²) in [6.07, 6.45) is 0.660. The number of benzene rings is 1. The Morgan fingerprint density at radius 1 is 1.42 bits per heavy atom. The Labute approximate surface area is 115 Å². The zero-order valence-corrected chi connectivity index (χ0v) is 12.2. The topological polar surface area (TPSA) is 66.6 Å². The first-order valence-corrected chi connectivity index (χ1v) is 6.73. The van der Waals surface area contributed by atoms with Crippen molar-refractivity contribution >= 4 is 11.6 Å². The molecule has 1 aromatic carbocycles. The molecule has 4 heteroatoms. The van der Waals surface area contributed by atoms with E-state index in [4.69, 9.17) is 5.73 Å². The molecule has 4 nitrogen and oxygen atoms in total. The fraction of sp³-hybridized carbons (Fsp3) is 0.533. The summed E-state index contributed by atoms with van der Waals surface area (Å²) in [6, 6.07) is 4.53. The molecule has 0 spiro atoms. The lowest BCUT2D eigenvalue weighted by atomic mass is 10.0. The van der Waals surface area contributed by atoms with Gasteiger partial charge >= 0.3 is 0 Å². The zero-order valence-electron chi connectivity index (χ0n) is 12.2. The van der Waals surface area contributed by atoms with Crippen molar-refractivity contribution in [3.8, 4) is 5.75 Å². The molecule has 1 amide bonds. The molecular weight excluding hydrogens is 240 g/mol. The Morgan fingerprint density at radius 3 is 2.58 bits per heavy atom. The second-order valence-electron chi connectivity index (χ2n) is 5.29. The summed E-state index contributed by atoms with van der Waals surface area (Å²) < 4.78 is 0. The molecule has 0 aliphatic rings. The van der Waals surface area contributed by atoms with Crippen LogP contribution in [0.1, 0.15) is 32.8 Å². The minimum Gasteiger partial charge on any atom is -0.508 e. The van der Waals surface area contributed by atoms with Gasteiger partial charge in [-0.15, -0.1) is 0 Å². The van der Waals surface area contributed by atoms with E-state index in [0.717, 1.165) is 11.3 Å². The molecule has 3 N–H and O–H groups in total. The number of likely N-dealkylation sites (N-methyl/N-ethyl adjacent to an activating group) is 1. The van der Waals surface area contributed by atoms with Gasteiger partial charge in [-0.2, -0.15) is 0 Å². The third-order valence-corrected chi connectivity index (χ3v) is 3.11. The van der Waals surface area contributed by atoms with Crippen LogP contribution in [0.3, 0.4) is 0 Å². The van der Waals surface area contributed by atoms with Gasteiger partial charge in [-0.3, -0.25) is 4.79 Å². The molecular formula is C15H24N2O2. The molecule has 0 unspecified atom stereocenters. The van der Waals surface area contributed by atoms with E-state index in [2.05, 4.69) is 0 Å². The molecule has 1 atom stereocenters. The van der Waals surface area contributed by atoms with Crippen molar-refractivity contribution in [2.24, 2.45) is 11.7 Å². The average Bonchev–Trinajstić information content (AvgIpc) is 2.33. The van der Waals surface area contributed by atoms with Gasteiger partial charge in [0.15, 0.2) is 0 Å². The van der Waals surface area contributed by atoms with Gasteiger partial charge in [0, 0.05) is 12.6 Å². The van der Waals surface area contributed by atoms with Gasteiger partial charge in [0.1, 0.15) is 5.75 Å². The van der Waals surface area contributed by atoms with E-state index in [-0.39, 0.29) is 11.7 Å². The Hall–Kier alpha value is -1.55. The Bertz CT molecular complexity index is 444. The first kappa shape index (κ1) is 15.5. The number of rotatable bonds is 5. The predicted octanol–water partition coefficient (Wildman–Crippen LogP) is 2.43. The van der Waals surface area contributed by atoms with Gasteiger partial charge < -0.3 is 15.7 Å². The number of phenols is 1. The SMILES string of the molecule is CCN(C(=O)[C@@H](N)CC(C)C)c1cc(O)ccc1C. The highest BCUT2D eigenvalue weighted by molar-refractivity contribution is 5.97. The number of carbonyl (C=O) groups is 1. The van der Waals surface area contributed by atoms with Crippen molar-refractivity contribution in [3.05, 3.63) is 23.8 Å². The van der Waals surface area contributed by atoms with Gasteiger partial charge in [0.05, 0.1) is 11.7 Å². The third-order valence-electron chi connectivity index (χ3n) is 3.11. The maximum atomic E-state index is 12.4. The van der Waals surface area contributed by atoms with Crippen LogP contribution in [0.5, 0.6) is 5.75 Å². The minimum atomic E-state index is -0.498. The maximum absolute atomic E-state index is 12.4. The van der Waals surface area contributed by atoms with Crippen molar-refractivity contribution in [1.82, 2.24) is 0 Å². The lowest BCUT2D eigenvalue weighted by molar-refractivity contribution is -0.120. The number of nitrogens with zero attached hydrogens (tertiary/aromatic N) is 1. The molecule has 0 aliphatic carbocycles. The van der Waals surface area contributed by atoms with Crippen molar-refractivity contribution < 1.29 is 9.90 Å². The lowest BCUT2D eigenvalue weighted by Crippen LogP contribution is -2.44. The van der Waals surface area contributed by atoms with E-state index in [9.17, 15) is 9.90 Å². The van der Waals surface area contributed by atoms with Crippen molar-refractivity contribution in [2.75, 3.05) is 11.4 Å². The summed E-state index contributed by atoms with van der Waals surface area (Å²) in [5.41, 5.74) is 7.64. The fourth-order valence-corrected chi connectivity index (χ4v) is 2.14. The quantitative estimate of drug-likeness (QED) is 0.858. The lowest BCUT2D eigenvalue weighted by Gasteiger charge is -2.26. The molecule has 0 saturated heterocycles. The van der Waals surface area contributed by atoms with Crippen molar-refractivity contribution in [1.29, 1.82) is 0 Å². The van der Waals surface area contributed by atoms with E-state index in [0.29, 0.717) is 18.9 Å². The molecule has 19 heavy (non-hydrogen) atoms. The van der Waals surface area contributed by atoms with Crippen LogP contribution in [0.15, 0.2) is 18.2 Å². The Kier molecular flexibility index (Phi) is 5.36. The predicted molar refractivity (Wildman–Crippen MR) is 78.3 cm³/mol. The number of hydrogen-bond donors (Lipinski definition) is 2. The highest BCUT2D eigenvalue weighted by Gasteiger charge is 2.23. The number of carbonyl (C=O) groups excluding carboxylic acids is 1. The van der Waals surface area contributed by atoms with Crippen LogP contribution in [0.2, 0.25) is 0 Å². The number of amides is 1. The molecule has 1 rings (SSSR count). The minimum absolute atomic E-state index is 0.0927. The van der Waals surface area contributed by atoms with E-state index in [1.165, 1.54) is 0 Å². The molecule has 1 aromatic rings. The smallest absolute Gasteiger partial charge is 0.243 e. The molecule has 0 heterocycles. The molecule has 0 fully saturated rings. The van der Waals surface area contributed by atoms with E-state index in [1.54, 1.807) is 23.1 Å². The molecule has 0 bridgehead atoms. The highest BCUT2D eigenvalue weighted by Crippen LogP contribution is 2.25. The van der Waals surface area contributed by atoms with Crippen LogP contribution in [0.25, 0.3) is 0 Å². The van der Waals surface area contributed by atoms with Crippen LogP contribution in [0.4, 0.5) is 5.69 Å². The largest absolute Gasteiger partial charge is 0.508 e. The van der Waals surface area contributed by atoms with Gasteiger partial charge in [0.25, 0.3) is 0 Å². The normalized spacial score (nSPS) is 12.5. The molecule has 0 radical (unpaired) electrons. The summed E-state index contributed by atoms with van der Waals surface area (Å²) in [5.74, 6) is 0.442. The highest BCUT2D eigenvalue weighted by atomic mass is 16.3. The number of aryl methyl sites for hydroxylation is 1. The Balaban J connectivity index is 2.99. The summed E-state index contributed by atoms with van der Waals surface area (Å²) in [4.78, 5) is 14.0. The molecule has 0 saturated carbocycles. The molecule has 106 valence electrons. The monoisotopic (exact) mass is 264 g/mol. The van der Waals surface area contributed by atoms with Crippen LogP contribution in [-0.2, 0) is 4.79 Å². The second-order valence-corrected chi connectivity index (χ2v) is 5.29. The van der Waals surface area contributed by atoms with Gasteiger partial charge in [0.2, 0.25) is 5.91 Å². The van der Waals surface area contributed by atoms with E-state index in [1.807, 2.05) is 27.7 Å². The number of aromatic hydroxyl groups is 1. The molecule has 0 aromatic heterocycles. The van der Waals surface area contributed by atoms with Crippen molar-refractivity contribution in [3.63, 3.8) is 0 Å². The van der Waals surface area contributed by atoms with Crippen LogP contribution >= 0.6 is 0 Å². The van der Waals surface area contributed by atoms with E-state index >= 15 is 0 Å². The first-order valence-electron chi connectivity index (χ1n) is 6.73. The summed E-state index contributed by atoms with van der Waals surface area (Å²) in [7, 11) is 0. The average molecular weight is 264 g/mol. The number of phenolic OH excluding ortho intramolecular Hbond substituents is 1. The fourth-order valence-electron chi connectivity index (χ4n) is 2.14. The van der Waals surface area contributed by atoms with Crippen molar-refractivity contribution in [2.45, 2.75) is 40.2 Å². The number of anilines is 1.